The zero-order valence-electron chi connectivity index (χ0n) is 14.1. The monoisotopic (exact) mass is 336 g/mol. The van der Waals surface area contributed by atoms with Gasteiger partial charge in [-0.2, -0.15) is 0 Å². The van der Waals surface area contributed by atoms with Gasteiger partial charge in [-0.15, -0.1) is 0 Å². The smallest absolute Gasteiger partial charge is 0.260 e. The SMILES string of the molecule is CCN(Cc1cc2ccccc2[nH]c1=O)C(=O)COc1ccccc1. The van der Waals surface area contributed by atoms with Gasteiger partial charge < -0.3 is 14.6 Å². The number of fused-ring (bicyclic) bond motifs is 1. The molecule has 0 saturated carbocycles. The molecule has 0 aliphatic heterocycles. The Bertz CT molecular complexity index is 919. The third kappa shape index (κ3) is 4.07. The molecule has 0 aliphatic carbocycles. The van der Waals surface area contributed by atoms with Crippen molar-refractivity contribution in [1.29, 1.82) is 0 Å². The van der Waals surface area contributed by atoms with Crippen LogP contribution in [0.15, 0.2) is 65.5 Å². The molecular weight excluding hydrogens is 316 g/mol. The third-order valence-electron chi connectivity index (χ3n) is 4.03. The highest BCUT2D eigenvalue weighted by molar-refractivity contribution is 5.80. The second-order valence-electron chi connectivity index (χ2n) is 5.72. The molecule has 2 aromatic carbocycles. The average molecular weight is 336 g/mol. The van der Waals surface area contributed by atoms with E-state index in [1.54, 1.807) is 17.0 Å². The number of nitrogens with zero attached hydrogens (tertiary/aromatic N) is 1. The lowest BCUT2D eigenvalue weighted by Gasteiger charge is -2.21. The Labute approximate surface area is 145 Å². The molecule has 0 aliphatic rings. The Balaban J connectivity index is 1.72. The molecule has 128 valence electrons. The third-order valence-corrected chi connectivity index (χ3v) is 4.03. The molecule has 0 atom stereocenters. The van der Waals surface area contributed by atoms with Crippen molar-refractivity contribution < 1.29 is 9.53 Å². The second-order valence-corrected chi connectivity index (χ2v) is 5.72. The van der Waals surface area contributed by atoms with Crippen molar-refractivity contribution in [2.24, 2.45) is 0 Å². The van der Waals surface area contributed by atoms with Crippen molar-refractivity contribution in [2.45, 2.75) is 13.5 Å². The van der Waals surface area contributed by atoms with Crippen LogP contribution in [0.25, 0.3) is 10.9 Å². The summed E-state index contributed by atoms with van der Waals surface area (Å²) in [6, 6.07) is 18.6. The lowest BCUT2D eigenvalue weighted by molar-refractivity contribution is -0.133. The zero-order chi connectivity index (χ0) is 17.6. The fourth-order valence-electron chi connectivity index (χ4n) is 2.65. The van der Waals surface area contributed by atoms with Gasteiger partial charge in [0.05, 0.1) is 6.54 Å². The van der Waals surface area contributed by atoms with E-state index in [2.05, 4.69) is 4.98 Å². The minimum atomic E-state index is -0.172. The summed E-state index contributed by atoms with van der Waals surface area (Å²) in [5, 5.41) is 0.945. The quantitative estimate of drug-likeness (QED) is 0.753. The van der Waals surface area contributed by atoms with Gasteiger partial charge in [-0.1, -0.05) is 36.4 Å². The maximum Gasteiger partial charge on any atom is 0.260 e. The van der Waals surface area contributed by atoms with Gasteiger partial charge in [-0.25, -0.2) is 0 Å². The van der Waals surface area contributed by atoms with Crippen molar-refractivity contribution >= 4 is 16.8 Å². The van der Waals surface area contributed by atoms with Crippen molar-refractivity contribution in [3.05, 3.63) is 76.6 Å². The van der Waals surface area contributed by atoms with E-state index >= 15 is 0 Å². The molecular formula is C20H20N2O3. The number of para-hydroxylation sites is 2. The number of carbonyl (C=O) groups excluding carboxylic acids is 1. The molecule has 5 heteroatoms. The van der Waals surface area contributed by atoms with Crippen LogP contribution in [0.3, 0.4) is 0 Å². The molecule has 25 heavy (non-hydrogen) atoms. The summed E-state index contributed by atoms with van der Waals surface area (Å²) in [4.78, 5) is 29.2. The first-order valence-electron chi connectivity index (χ1n) is 8.24. The first-order valence-corrected chi connectivity index (χ1v) is 8.24. The Morgan fingerprint density at radius 2 is 1.80 bits per heavy atom. The highest BCUT2D eigenvalue weighted by Crippen LogP contribution is 2.12. The molecule has 1 heterocycles. The molecule has 0 unspecified atom stereocenters. The minimum absolute atomic E-state index is 0.0522. The first kappa shape index (κ1) is 16.8. The Morgan fingerprint density at radius 3 is 2.56 bits per heavy atom. The van der Waals surface area contributed by atoms with E-state index in [0.717, 1.165) is 10.9 Å². The Kier molecular flexibility index (Phi) is 5.14. The molecule has 3 rings (SSSR count). The van der Waals surface area contributed by atoms with E-state index < -0.39 is 0 Å². The zero-order valence-corrected chi connectivity index (χ0v) is 14.1. The van der Waals surface area contributed by atoms with E-state index in [-0.39, 0.29) is 24.6 Å². The summed E-state index contributed by atoms with van der Waals surface area (Å²) in [6.45, 7) is 2.59. The van der Waals surface area contributed by atoms with Crippen LogP contribution in [0, 0.1) is 0 Å². The maximum atomic E-state index is 12.4. The predicted molar refractivity (Wildman–Crippen MR) is 97.6 cm³/mol. The van der Waals surface area contributed by atoms with Gasteiger partial charge in [0, 0.05) is 17.6 Å². The number of benzene rings is 2. The number of carbonyl (C=O) groups is 1. The Morgan fingerprint density at radius 1 is 1.08 bits per heavy atom. The van der Waals surface area contributed by atoms with Gasteiger partial charge in [-0.05, 0) is 36.6 Å². The molecule has 0 spiro atoms. The normalized spacial score (nSPS) is 10.6. The topological polar surface area (TPSA) is 62.4 Å². The van der Waals surface area contributed by atoms with Crippen LogP contribution in [0.1, 0.15) is 12.5 Å². The van der Waals surface area contributed by atoms with E-state index in [4.69, 9.17) is 4.74 Å². The fourth-order valence-corrected chi connectivity index (χ4v) is 2.65. The van der Waals surface area contributed by atoms with Crippen molar-refractivity contribution in [2.75, 3.05) is 13.2 Å². The van der Waals surface area contributed by atoms with Gasteiger partial charge in [0.25, 0.3) is 11.5 Å². The van der Waals surface area contributed by atoms with Crippen LogP contribution >= 0.6 is 0 Å². The van der Waals surface area contributed by atoms with Gasteiger partial charge >= 0.3 is 0 Å². The molecule has 5 nitrogen and oxygen atoms in total. The van der Waals surface area contributed by atoms with Crippen LogP contribution in [-0.2, 0) is 11.3 Å². The lowest BCUT2D eigenvalue weighted by atomic mass is 10.1. The van der Waals surface area contributed by atoms with E-state index in [9.17, 15) is 9.59 Å². The first-order chi connectivity index (χ1) is 12.2. The van der Waals surface area contributed by atoms with Gasteiger partial charge in [0.15, 0.2) is 6.61 Å². The van der Waals surface area contributed by atoms with Crippen molar-refractivity contribution in [1.82, 2.24) is 9.88 Å². The molecule has 0 bridgehead atoms. The fraction of sp³-hybridized carbons (Fsp3) is 0.200. The lowest BCUT2D eigenvalue weighted by Crippen LogP contribution is -2.36. The number of hydrogen-bond donors (Lipinski definition) is 1. The molecule has 0 radical (unpaired) electrons. The number of aromatic nitrogens is 1. The van der Waals surface area contributed by atoms with E-state index in [0.29, 0.717) is 17.9 Å². The molecule has 3 aromatic rings. The number of hydrogen-bond acceptors (Lipinski definition) is 3. The van der Waals surface area contributed by atoms with Crippen LogP contribution in [0.5, 0.6) is 5.75 Å². The standard InChI is InChI=1S/C20H20N2O3/c1-2-22(19(23)14-25-17-9-4-3-5-10-17)13-16-12-15-8-6-7-11-18(15)21-20(16)24/h3-12H,2,13-14H2,1H3,(H,21,24). The highest BCUT2D eigenvalue weighted by atomic mass is 16.5. The number of rotatable bonds is 6. The Hall–Kier alpha value is -3.08. The van der Waals surface area contributed by atoms with Crippen molar-refractivity contribution in [3.63, 3.8) is 0 Å². The predicted octanol–water partition coefficient (Wildman–Crippen LogP) is 2.96. The number of pyridine rings is 1. The number of likely N-dealkylation sites (N-methyl/N-ethyl adjacent to an activating group) is 1. The van der Waals surface area contributed by atoms with Gasteiger partial charge in [0.2, 0.25) is 0 Å². The number of ether oxygens (including phenoxy) is 1. The maximum absolute atomic E-state index is 12.4. The average Bonchev–Trinajstić information content (AvgIpc) is 2.65. The summed E-state index contributed by atoms with van der Waals surface area (Å²) in [5.74, 6) is 0.495. The minimum Gasteiger partial charge on any atom is -0.484 e. The number of nitrogens with one attached hydrogen (secondary N) is 1. The summed E-state index contributed by atoms with van der Waals surface area (Å²) < 4.78 is 5.51. The second kappa shape index (κ2) is 7.66. The van der Waals surface area contributed by atoms with Gasteiger partial charge in [-0.3, -0.25) is 9.59 Å². The molecule has 1 N–H and O–H groups in total. The van der Waals surface area contributed by atoms with Crippen LogP contribution in [0.2, 0.25) is 0 Å². The van der Waals surface area contributed by atoms with Crippen LogP contribution in [0.4, 0.5) is 0 Å². The van der Waals surface area contributed by atoms with E-state index in [1.807, 2.05) is 55.5 Å². The van der Waals surface area contributed by atoms with E-state index in [1.165, 1.54) is 0 Å². The summed E-state index contributed by atoms with van der Waals surface area (Å²) in [6.07, 6.45) is 0. The largest absolute Gasteiger partial charge is 0.484 e. The van der Waals surface area contributed by atoms with Crippen molar-refractivity contribution in [3.8, 4) is 5.75 Å². The van der Waals surface area contributed by atoms with Gasteiger partial charge in [0.1, 0.15) is 5.75 Å². The summed E-state index contributed by atoms with van der Waals surface area (Å²) >= 11 is 0. The summed E-state index contributed by atoms with van der Waals surface area (Å²) in [5.41, 5.74) is 1.18. The number of amides is 1. The molecule has 1 aromatic heterocycles. The number of aromatic amines is 1. The highest BCUT2D eigenvalue weighted by Gasteiger charge is 2.15. The number of H-pyrrole nitrogens is 1. The molecule has 1 amide bonds. The summed E-state index contributed by atoms with van der Waals surface area (Å²) in [7, 11) is 0. The molecule has 0 saturated heterocycles. The van der Waals surface area contributed by atoms with Crippen LogP contribution < -0.4 is 10.3 Å². The van der Waals surface area contributed by atoms with Crippen LogP contribution in [-0.4, -0.2) is 28.9 Å². The molecule has 0 fully saturated rings.